The topological polar surface area (TPSA) is 20.8 Å². The standard InChI is InChI=1S/C54H32N2O/c1-2-13-40-38(11-1)39-12-3-4-14-41(39)46-31-36(25-27-42(40)46)55(37-26-28-53-47(32-37)45-17-7-10-20-52(45)57-53)35-23-21-33(22-24-35)34-29-48-43-15-5-8-18-50(43)56-51-19-9-6-16-44(51)49(30-34)54(48)56/h1-32H. The van der Waals surface area contributed by atoms with E-state index in [2.05, 4.69) is 191 Å². The lowest BCUT2D eigenvalue weighted by Crippen LogP contribution is -2.10. The van der Waals surface area contributed by atoms with E-state index >= 15 is 0 Å². The van der Waals surface area contributed by atoms with Crippen LogP contribution in [0.5, 0.6) is 0 Å². The molecule has 0 saturated carbocycles. The Morgan fingerprint density at radius 2 is 0.754 bits per heavy atom. The van der Waals surface area contributed by atoms with E-state index in [1.807, 2.05) is 12.1 Å². The summed E-state index contributed by atoms with van der Waals surface area (Å²) in [6.45, 7) is 0. The van der Waals surface area contributed by atoms with E-state index < -0.39 is 0 Å². The molecule has 13 rings (SSSR count). The number of hydrogen-bond acceptors (Lipinski definition) is 2. The summed E-state index contributed by atoms with van der Waals surface area (Å²) in [5.41, 5.74) is 11.2. The maximum absolute atomic E-state index is 6.29. The molecule has 57 heavy (non-hydrogen) atoms. The van der Waals surface area contributed by atoms with Crippen molar-refractivity contribution in [1.82, 2.24) is 4.40 Å². The molecule has 0 N–H and O–H groups in total. The van der Waals surface area contributed by atoms with Gasteiger partial charge in [0, 0.05) is 49.4 Å². The fourth-order valence-corrected chi connectivity index (χ4v) is 9.75. The molecule has 0 spiro atoms. The fraction of sp³-hybridized carbons (Fsp3) is 0. The number of benzene rings is 10. The fourth-order valence-electron chi connectivity index (χ4n) is 9.75. The minimum absolute atomic E-state index is 0.887. The van der Waals surface area contributed by atoms with Gasteiger partial charge in [-0.3, -0.25) is 0 Å². The minimum Gasteiger partial charge on any atom is -0.456 e. The van der Waals surface area contributed by atoms with E-state index in [9.17, 15) is 0 Å². The molecule has 3 aromatic heterocycles. The Balaban J connectivity index is 1.02. The van der Waals surface area contributed by atoms with Crippen molar-refractivity contribution in [2.75, 3.05) is 4.90 Å². The van der Waals surface area contributed by atoms with Gasteiger partial charge in [0.1, 0.15) is 11.2 Å². The average molecular weight is 725 g/mol. The van der Waals surface area contributed by atoms with Gasteiger partial charge >= 0.3 is 0 Å². The molecule has 0 unspecified atom stereocenters. The highest BCUT2D eigenvalue weighted by Gasteiger charge is 2.20. The third kappa shape index (κ3) is 4.31. The van der Waals surface area contributed by atoms with Gasteiger partial charge in [-0.15, -0.1) is 0 Å². The van der Waals surface area contributed by atoms with Crippen molar-refractivity contribution in [3.8, 4) is 11.1 Å². The molecule has 0 aliphatic carbocycles. The second-order valence-corrected chi connectivity index (χ2v) is 15.3. The van der Waals surface area contributed by atoms with Crippen LogP contribution in [0.2, 0.25) is 0 Å². The Morgan fingerprint density at radius 1 is 0.298 bits per heavy atom. The van der Waals surface area contributed by atoms with Gasteiger partial charge in [-0.05, 0) is 116 Å². The van der Waals surface area contributed by atoms with E-state index in [1.54, 1.807) is 0 Å². The molecule has 0 saturated heterocycles. The molecule has 3 heteroatoms. The predicted octanol–water partition coefficient (Wildman–Crippen LogP) is 15.3. The van der Waals surface area contributed by atoms with Crippen molar-refractivity contribution in [3.05, 3.63) is 194 Å². The largest absolute Gasteiger partial charge is 0.456 e. The molecule has 0 amide bonds. The number of hydrogen-bond donors (Lipinski definition) is 0. The van der Waals surface area contributed by atoms with Gasteiger partial charge in [-0.1, -0.05) is 121 Å². The molecule has 0 radical (unpaired) electrons. The van der Waals surface area contributed by atoms with Crippen molar-refractivity contribution in [2.45, 2.75) is 0 Å². The Bertz CT molecular complexity index is 3640. The van der Waals surface area contributed by atoms with Crippen LogP contribution < -0.4 is 4.90 Å². The van der Waals surface area contributed by atoms with Crippen molar-refractivity contribution in [1.29, 1.82) is 0 Å². The number of para-hydroxylation sites is 3. The van der Waals surface area contributed by atoms with E-state index in [0.717, 1.165) is 39.0 Å². The van der Waals surface area contributed by atoms with E-state index in [4.69, 9.17) is 4.42 Å². The predicted molar refractivity (Wildman–Crippen MR) is 241 cm³/mol. The van der Waals surface area contributed by atoms with Gasteiger partial charge in [0.2, 0.25) is 0 Å². The number of furan rings is 1. The van der Waals surface area contributed by atoms with E-state index in [-0.39, 0.29) is 0 Å². The van der Waals surface area contributed by atoms with Crippen molar-refractivity contribution in [3.63, 3.8) is 0 Å². The molecule has 0 aliphatic rings. The molecule has 10 aromatic carbocycles. The summed E-state index contributed by atoms with van der Waals surface area (Å²) in [5.74, 6) is 0. The van der Waals surface area contributed by atoms with Gasteiger partial charge in [0.15, 0.2) is 0 Å². The van der Waals surface area contributed by atoms with Gasteiger partial charge in [0.25, 0.3) is 0 Å². The first-order chi connectivity index (χ1) is 28.3. The lowest BCUT2D eigenvalue weighted by molar-refractivity contribution is 0.669. The molecule has 264 valence electrons. The van der Waals surface area contributed by atoms with Crippen LogP contribution in [-0.4, -0.2) is 4.40 Å². The van der Waals surface area contributed by atoms with Gasteiger partial charge in [-0.2, -0.15) is 0 Å². The molecule has 0 aliphatic heterocycles. The van der Waals surface area contributed by atoms with Crippen LogP contribution in [0.4, 0.5) is 17.1 Å². The van der Waals surface area contributed by atoms with Crippen LogP contribution in [0.3, 0.4) is 0 Å². The summed E-state index contributed by atoms with van der Waals surface area (Å²) < 4.78 is 8.73. The van der Waals surface area contributed by atoms with Gasteiger partial charge in [-0.25, -0.2) is 0 Å². The minimum atomic E-state index is 0.887. The molecule has 13 aromatic rings. The second-order valence-electron chi connectivity index (χ2n) is 15.3. The molecule has 3 heterocycles. The highest BCUT2D eigenvalue weighted by Crippen LogP contribution is 2.45. The lowest BCUT2D eigenvalue weighted by Gasteiger charge is -2.26. The van der Waals surface area contributed by atoms with E-state index in [1.165, 1.54) is 81.5 Å². The summed E-state index contributed by atoms with van der Waals surface area (Å²) in [6, 6.07) is 70.9. The van der Waals surface area contributed by atoms with Crippen molar-refractivity contribution < 1.29 is 4.42 Å². The summed E-state index contributed by atoms with van der Waals surface area (Å²) in [5, 5.41) is 14.9. The zero-order chi connectivity index (χ0) is 37.2. The smallest absolute Gasteiger partial charge is 0.135 e. The number of fused-ring (bicyclic) bond motifs is 15. The third-order valence-corrected chi connectivity index (χ3v) is 12.3. The summed E-state index contributed by atoms with van der Waals surface area (Å²) in [6.07, 6.45) is 0. The Kier molecular flexibility index (Phi) is 6.16. The second kappa shape index (κ2) is 11.5. The number of rotatable bonds is 4. The first kappa shape index (κ1) is 30.7. The SMILES string of the molecule is c1ccc2c(c1)oc1ccc(N(c3ccc(-c4cc5c6ccccc6n6c7ccccc7c(c4)c56)cc3)c3ccc4c5ccccc5c5ccccc5c4c3)cc12. The molecule has 3 nitrogen and oxygen atoms in total. The average Bonchev–Trinajstić information content (AvgIpc) is 3.94. The van der Waals surface area contributed by atoms with Gasteiger partial charge in [0.05, 0.1) is 16.6 Å². The third-order valence-electron chi connectivity index (χ3n) is 12.3. The van der Waals surface area contributed by atoms with Gasteiger partial charge < -0.3 is 13.7 Å². The van der Waals surface area contributed by atoms with Crippen LogP contribution >= 0.6 is 0 Å². The Morgan fingerprint density at radius 3 is 1.39 bits per heavy atom. The highest BCUT2D eigenvalue weighted by atomic mass is 16.3. The van der Waals surface area contributed by atoms with E-state index in [0.29, 0.717) is 0 Å². The van der Waals surface area contributed by atoms with Crippen molar-refractivity contribution in [2.24, 2.45) is 0 Å². The summed E-state index contributed by atoms with van der Waals surface area (Å²) >= 11 is 0. The monoisotopic (exact) mass is 724 g/mol. The number of nitrogens with zero attached hydrogens (tertiary/aromatic N) is 2. The zero-order valence-electron chi connectivity index (χ0n) is 30.8. The van der Waals surface area contributed by atoms with Crippen LogP contribution in [0.25, 0.3) is 103 Å². The first-order valence-electron chi connectivity index (χ1n) is 19.6. The number of anilines is 3. The van der Waals surface area contributed by atoms with Crippen LogP contribution in [0, 0.1) is 0 Å². The maximum Gasteiger partial charge on any atom is 0.135 e. The highest BCUT2D eigenvalue weighted by molar-refractivity contribution is 6.26. The summed E-state index contributed by atoms with van der Waals surface area (Å²) in [7, 11) is 0. The molecular weight excluding hydrogens is 693 g/mol. The van der Waals surface area contributed by atoms with Crippen LogP contribution in [0.1, 0.15) is 0 Å². The van der Waals surface area contributed by atoms with Crippen molar-refractivity contribution >= 4 is 109 Å². The normalized spacial score (nSPS) is 12.2. The lowest BCUT2D eigenvalue weighted by atomic mass is 9.94. The van der Waals surface area contributed by atoms with Crippen LogP contribution in [0.15, 0.2) is 199 Å². The Hall–Kier alpha value is -7.62. The molecule has 0 atom stereocenters. The quantitative estimate of drug-likeness (QED) is 0.169. The number of aromatic nitrogens is 1. The molecule has 0 bridgehead atoms. The molecular formula is C54H32N2O. The maximum atomic E-state index is 6.29. The first-order valence-corrected chi connectivity index (χ1v) is 19.6. The Labute approximate surface area is 327 Å². The zero-order valence-corrected chi connectivity index (χ0v) is 30.8. The molecule has 0 fully saturated rings. The summed E-state index contributed by atoms with van der Waals surface area (Å²) in [4.78, 5) is 2.39. The van der Waals surface area contributed by atoms with Crippen LogP contribution in [-0.2, 0) is 0 Å².